The molecule has 106 valence electrons. The molecule has 2 rings (SSSR count). The number of likely N-dealkylation sites (N-methyl/N-ethyl adjacent to an activating group) is 1. The van der Waals surface area contributed by atoms with Crippen LogP contribution in [0.15, 0.2) is 24.3 Å². The van der Waals surface area contributed by atoms with Gasteiger partial charge in [-0.3, -0.25) is 0 Å². The van der Waals surface area contributed by atoms with Crippen LogP contribution in [0.4, 0.5) is 0 Å². The van der Waals surface area contributed by atoms with Gasteiger partial charge in [0.15, 0.2) is 0 Å². The summed E-state index contributed by atoms with van der Waals surface area (Å²) in [7, 11) is 3.91. The largest absolute Gasteiger partial charge is 0.376 e. The molecule has 1 aromatic carbocycles. The van der Waals surface area contributed by atoms with Crippen LogP contribution in [0.25, 0.3) is 0 Å². The molecular formula is C17H27NO. The lowest BCUT2D eigenvalue weighted by atomic mass is 9.73. The molecular weight excluding hydrogens is 234 g/mol. The lowest BCUT2D eigenvalue weighted by Gasteiger charge is -2.44. The molecule has 0 radical (unpaired) electrons. The maximum absolute atomic E-state index is 6.00. The first-order valence-electron chi connectivity index (χ1n) is 7.40. The summed E-state index contributed by atoms with van der Waals surface area (Å²) in [5.74, 6) is 0.832. The third-order valence-electron chi connectivity index (χ3n) is 4.75. The Hall–Kier alpha value is -0.860. The summed E-state index contributed by atoms with van der Waals surface area (Å²) in [5, 5.41) is 3.49. The minimum Gasteiger partial charge on any atom is -0.376 e. The lowest BCUT2D eigenvalue weighted by molar-refractivity contribution is -0.0745. The van der Waals surface area contributed by atoms with Crippen LogP contribution >= 0.6 is 0 Å². The van der Waals surface area contributed by atoms with Crippen molar-refractivity contribution in [3.05, 3.63) is 35.4 Å². The first kappa shape index (κ1) is 14.5. The topological polar surface area (TPSA) is 21.3 Å². The van der Waals surface area contributed by atoms with E-state index in [0.717, 1.165) is 18.8 Å². The molecule has 1 aromatic rings. The van der Waals surface area contributed by atoms with E-state index >= 15 is 0 Å². The van der Waals surface area contributed by atoms with Crippen molar-refractivity contribution in [2.75, 3.05) is 14.2 Å². The Bertz CT molecular complexity index is 390. The number of benzene rings is 1. The molecule has 0 spiro atoms. The SMILES string of the molecule is CNC(c1ccc(C)cc1)C1(OC)CCC(C)CC1. The highest BCUT2D eigenvalue weighted by Crippen LogP contribution is 2.42. The number of methoxy groups -OCH3 is 1. The van der Waals surface area contributed by atoms with E-state index in [1.165, 1.54) is 24.0 Å². The van der Waals surface area contributed by atoms with E-state index < -0.39 is 0 Å². The van der Waals surface area contributed by atoms with Crippen LogP contribution in [0.1, 0.15) is 49.8 Å². The first-order chi connectivity index (χ1) is 9.11. The molecule has 1 atom stereocenters. The zero-order valence-electron chi connectivity index (χ0n) is 12.7. The molecule has 0 aromatic heterocycles. The van der Waals surface area contributed by atoms with Gasteiger partial charge in [0.1, 0.15) is 0 Å². The molecule has 2 nitrogen and oxygen atoms in total. The average Bonchev–Trinajstić information content (AvgIpc) is 2.44. The highest BCUT2D eigenvalue weighted by atomic mass is 16.5. The molecule has 0 saturated heterocycles. The number of aryl methyl sites for hydroxylation is 1. The summed E-state index contributed by atoms with van der Waals surface area (Å²) >= 11 is 0. The minimum absolute atomic E-state index is 0.0451. The second kappa shape index (κ2) is 6.06. The Kier molecular flexibility index (Phi) is 4.64. The van der Waals surface area contributed by atoms with Crippen LogP contribution in [0, 0.1) is 12.8 Å². The molecule has 0 heterocycles. The van der Waals surface area contributed by atoms with Crippen LogP contribution in [-0.2, 0) is 4.74 Å². The van der Waals surface area contributed by atoms with Crippen LogP contribution in [0.3, 0.4) is 0 Å². The normalized spacial score (nSPS) is 29.2. The summed E-state index contributed by atoms with van der Waals surface area (Å²) in [6, 6.07) is 9.12. The summed E-state index contributed by atoms with van der Waals surface area (Å²) < 4.78 is 6.00. The van der Waals surface area contributed by atoms with Crippen molar-refractivity contribution in [3.63, 3.8) is 0 Å². The van der Waals surface area contributed by atoms with Crippen molar-refractivity contribution in [2.45, 2.75) is 51.2 Å². The zero-order valence-corrected chi connectivity index (χ0v) is 12.7. The number of ether oxygens (including phenoxy) is 1. The van der Waals surface area contributed by atoms with Crippen molar-refractivity contribution < 1.29 is 4.74 Å². The Balaban J connectivity index is 2.25. The number of nitrogens with one attached hydrogen (secondary N) is 1. The highest BCUT2D eigenvalue weighted by Gasteiger charge is 2.41. The molecule has 1 saturated carbocycles. The molecule has 0 aliphatic heterocycles. The molecule has 19 heavy (non-hydrogen) atoms. The third-order valence-corrected chi connectivity index (χ3v) is 4.75. The van der Waals surface area contributed by atoms with E-state index in [2.05, 4.69) is 43.4 Å². The first-order valence-corrected chi connectivity index (χ1v) is 7.40. The van der Waals surface area contributed by atoms with Gasteiger partial charge >= 0.3 is 0 Å². The highest BCUT2D eigenvalue weighted by molar-refractivity contribution is 5.26. The van der Waals surface area contributed by atoms with Crippen molar-refractivity contribution in [1.82, 2.24) is 5.32 Å². The van der Waals surface area contributed by atoms with Gasteiger partial charge in [0.2, 0.25) is 0 Å². The molecule has 1 aliphatic rings. The second-order valence-electron chi connectivity index (χ2n) is 6.08. The van der Waals surface area contributed by atoms with Crippen LogP contribution in [-0.4, -0.2) is 19.8 Å². The van der Waals surface area contributed by atoms with E-state index in [-0.39, 0.29) is 11.6 Å². The fourth-order valence-electron chi connectivity index (χ4n) is 3.35. The maximum atomic E-state index is 6.00. The summed E-state index contributed by atoms with van der Waals surface area (Å²) in [4.78, 5) is 0. The Morgan fingerprint density at radius 1 is 1.21 bits per heavy atom. The second-order valence-corrected chi connectivity index (χ2v) is 6.08. The van der Waals surface area contributed by atoms with E-state index in [4.69, 9.17) is 4.74 Å². The Morgan fingerprint density at radius 3 is 2.26 bits per heavy atom. The minimum atomic E-state index is -0.0451. The molecule has 1 unspecified atom stereocenters. The monoisotopic (exact) mass is 261 g/mol. The number of hydrogen-bond donors (Lipinski definition) is 1. The maximum Gasteiger partial charge on any atom is 0.0872 e. The van der Waals surface area contributed by atoms with Gasteiger partial charge in [-0.25, -0.2) is 0 Å². The fourth-order valence-corrected chi connectivity index (χ4v) is 3.35. The van der Waals surface area contributed by atoms with Crippen LogP contribution in [0.5, 0.6) is 0 Å². The smallest absolute Gasteiger partial charge is 0.0872 e. The fraction of sp³-hybridized carbons (Fsp3) is 0.647. The van der Waals surface area contributed by atoms with Crippen molar-refractivity contribution in [1.29, 1.82) is 0 Å². The molecule has 1 fully saturated rings. The quantitative estimate of drug-likeness (QED) is 0.889. The number of hydrogen-bond acceptors (Lipinski definition) is 2. The zero-order chi connectivity index (χ0) is 13.9. The molecule has 0 amide bonds. The Morgan fingerprint density at radius 2 is 1.79 bits per heavy atom. The average molecular weight is 261 g/mol. The standard InChI is InChI=1S/C17H27NO/c1-13-5-7-15(8-6-13)16(18-3)17(19-4)11-9-14(2)10-12-17/h5-8,14,16,18H,9-12H2,1-4H3. The predicted molar refractivity (Wildman–Crippen MR) is 80.4 cm³/mol. The van der Waals surface area contributed by atoms with E-state index in [1.807, 2.05) is 14.2 Å². The number of rotatable bonds is 4. The van der Waals surface area contributed by atoms with E-state index in [1.54, 1.807) is 0 Å². The molecule has 2 heteroatoms. The van der Waals surface area contributed by atoms with E-state index in [9.17, 15) is 0 Å². The van der Waals surface area contributed by atoms with Gasteiger partial charge in [-0.05, 0) is 51.1 Å². The van der Waals surface area contributed by atoms with E-state index in [0.29, 0.717) is 0 Å². The van der Waals surface area contributed by atoms with Crippen molar-refractivity contribution in [2.24, 2.45) is 5.92 Å². The van der Waals surface area contributed by atoms with Crippen LogP contribution in [0.2, 0.25) is 0 Å². The van der Waals surface area contributed by atoms with Gasteiger partial charge in [0.25, 0.3) is 0 Å². The predicted octanol–water partition coefficient (Wildman–Crippen LogP) is 3.85. The van der Waals surface area contributed by atoms with Gasteiger partial charge in [-0.2, -0.15) is 0 Å². The van der Waals surface area contributed by atoms with Crippen molar-refractivity contribution in [3.8, 4) is 0 Å². The molecule has 0 bridgehead atoms. The van der Waals surface area contributed by atoms with Gasteiger partial charge in [-0.15, -0.1) is 0 Å². The van der Waals surface area contributed by atoms with Crippen molar-refractivity contribution >= 4 is 0 Å². The molecule has 1 aliphatic carbocycles. The Labute approximate surface area is 117 Å². The summed E-state index contributed by atoms with van der Waals surface area (Å²) in [6.45, 7) is 4.48. The van der Waals surface area contributed by atoms with Gasteiger partial charge < -0.3 is 10.1 Å². The van der Waals surface area contributed by atoms with Gasteiger partial charge in [-0.1, -0.05) is 36.8 Å². The van der Waals surface area contributed by atoms with Gasteiger partial charge in [0.05, 0.1) is 11.6 Å². The van der Waals surface area contributed by atoms with Gasteiger partial charge in [0, 0.05) is 7.11 Å². The molecule has 1 N–H and O–H groups in total. The van der Waals surface area contributed by atoms with Crippen LogP contribution < -0.4 is 5.32 Å². The third kappa shape index (κ3) is 3.01. The summed E-state index contributed by atoms with van der Waals surface area (Å²) in [6.07, 6.45) is 4.81. The lowest BCUT2D eigenvalue weighted by Crippen LogP contribution is -2.46. The summed E-state index contributed by atoms with van der Waals surface area (Å²) in [5.41, 5.74) is 2.60.